The number of aldehydes is 2. The molecule has 8 amide bonds. The van der Waals surface area contributed by atoms with Crippen LogP contribution in [0.3, 0.4) is 0 Å². The predicted molar refractivity (Wildman–Crippen MR) is 355 cm³/mol. The zero-order valence-electron chi connectivity index (χ0n) is 54.8. The number of carbonyl (C=O) groups excluding carboxylic acids is 10. The number of amides is 8. The van der Waals surface area contributed by atoms with E-state index in [0.29, 0.717) is 60.2 Å². The molecule has 2 aromatic carbocycles. The molecule has 2 atom stereocenters. The van der Waals surface area contributed by atoms with Crippen LogP contribution in [0.15, 0.2) is 73.6 Å². The second-order valence-electron chi connectivity index (χ2n) is 24.2. The Bertz CT molecular complexity index is 3820. The summed E-state index contributed by atoms with van der Waals surface area (Å²) in [5, 5.41) is 30.8. The molecule has 5 aromatic rings. The topological polar surface area (TPSA) is 438 Å². The minimum Gasteiger partial charge on any atom is -0.398 e. The standard InChI is InChI=1S/C23H25N5O5.C13H11N3O4.C10H14N2O2.C7H14O4S.C6H12O2.C4H4N2O.CH3ClO2S/c29-19-5-4-18(21(30)26-19)28-22(31)16-2-1-3-17(20(16)23(28)32)24-10-15-11-25-27(13-15)12-14-6-8-33-9-7-14;14-7-3-1-2-6-10(7)13(20)16(12(6)19)8-4-5-9(17)15-11(8)18;13-8-10-5-11-12(7-10)6-9-1-3-14-4-2-9;1-12(8,9)11-6-7-2-4-10-5-3-7;7-5-6-1-3-8-4-2-6;7-3-4-1-5-6-2-4;1-5(2,3)4/h1-3,11,13-14,18,24H,4-10,12H2,(H,26,29,30);1-3,8H,4-5,14H2,(H,15,17,18);5,7-9H,1-4,6H2;7H,2-6H2,1H3;6-7H,1-5H2;1-3H,(H,5,6);1H3. The summed E-state index contributed by atoms with van der Waals surface area (Å²) in [5.41, 5.74) is 9.47. The van der Waals surface area contributed by atoms with Gasteiger partial charge < -0.3 is 35.1 Å². The van der Waals surface area contributed by atoms with E-state index in [1.54, 1.807) is 42.9 Å². The second kappa shape index (κ2) is 38.2. The van der Waals surface area contributed by atoms with Gasteiger partial charge in [0.15, 0.2) is 12.6 Å². The first-order chi connectivity index (χ1) is 47.3. The van der Waals surface area contributed by atoms with Gasteiger partial charge in [0.2, 0.25) is 32.7 Å². The molecule has 538 valence electrons. The van der Waals surface area contributed by atoms with E-state index in [1.807, 2.05) is 15.6 Å². The zero-order valence-corrected chi connectivity index (χ0v) is 57.2. The summed E-state index contributed by atoms with van der Waals surface area (Å²) in [6.45, 7) is 9.24. The molecule has 3 aromatic heterocycles. The number of nitrogens with one attached hydrogen (secondary N) is 4. The molecule has 0 spiro atoms. The van der Waals surface area contributed by atoms with Crippen molar-refractivity contribution in [2.45, 2.75) is 109 Å². The molecule has 0 bridgehead atoms. The fourth-order valence-corrected chi connectivity index (χ4v) is 11.8. The third kappa shape index (κ3) is 24.4. The van der Waals surface area contributed by atoms with Gasteiger partial charge in [-0.3, -0.25) is 87.0 Å². The largest absolute Gasteiger partial charge is 0.398 e. The number of piperidine rings is 2. The van der Waals surface area contributed by atoms with E-state index in [2.05, 4.69) is 51.2 Å². The van der Waals surface area contributed by atoms with Crippen molar-refractivity contribution in [3.8, 4) is 0 Å². The highest BCUT2D eigenvalue weighted by Crippen LogP contribution is 2.34. The number of nitrogens with zero attached hydrogens (tertiary/aromatic N) is 7. The fraction of sp³-hybridized carbons (Fsp3) is 0.516. The monoisotopic (exact) mass is 1440 g/mol. The first kappa shape index (κ1) is 77.9. The van der Waals surface area contributed by atoms with Gasteiger partial charge in [0.25, 0.3) is 33.7 Å². The average molecular weight is 1440 g/mol. The molecule has 0 saturated carbocycles. The van der Waals surface area contributed by atoms with Gasteiger partial charge in [0.1, 0.15) is 12.1 Å². The van der Waals surface area contributed by atoms with Crippen molar-refractivity contribution in [2.75, 3.05) is 89.6 Å². The molecular weight excluding hydrogens is 1360 g/mol. The van der Waals surface area contributed by atoms with Crippen molar-refractivity contribution in [3.63, 3.8) is 0 Å². The fourth-order valence-electron chi connectivity index (χ4n) is 11.3. The number of nitrogens with two attached hydrogens (primary N) is 1. The number of benzene rings is 2. The van der Waals surface area contributed by atoms with Crippen molar-refractivity contribution in [3.05, 3.63) is 113 Å². The summed E-state index contributed by atoms with van der Waals surface area (Å²) >= 11 is 0. The van der Waals surface area contributed by atoms with Crippen LogP contribution in [0.1, 0.15) is 145 Å². The smallest absolute Gasteiger partial charge is 0.264 e. The lowest BCUT2D eigenvalue weighted by Gasteiger charge is -2.27. The Morgan fingerprint density at radius 2 is 1.06 bits per heavy atom. The number of hydrogen-bond acceptors (Lipinski definition) is 25. The highest BCUT2D eigenvalue weighted by molar-refractivity contribution is 8.13. The first-order valence-electron chi connectivity index (χ1n) is 32.1. The summed E-state index contributed by atoms with van der Waals surface area (Å²) in [7, 11) is -1.96. The van der Waals surface area contributed by atoms with E-state index in [4.69, 9.17) is 29.8 Å². The zero-order chi connectivity index (χ0) is 71.7. The number of aliphatic hydroxyl groups excluding tert-OH is 1. The van der Waals surface area contributed by atoms with Crippen LogP contribution < -0.4 is 21.7 Å². The molecule has 2 unspecified atom stereocenters. The van der Waals surface area contributed by atoms with E-state index in [1.165, 1.54) is 24.5 Å². The minimum absolute atomic E-state index is 0.0901. The average Bonchev–Trinajstić information content (AvgIpc) is 1.61. The van der Waals surface area contributed by atoms with Gasteiger partial charge in [-0.2, -0.15) is 23.7 Å². The van der Waals surface area contributed by atoms with Gasteiger partial charge in [0.05, 0.1) is 71.1 Å². The molecule has 0 aliphatic carbocycles. The second-order valence-corrected chi connectivity index (χ2v) is 28.8. The van der Waals surface area contributed by atoms with Crippen LogP contribution in [0, 0.1) is 23.7 Å². The normalized spacial score (nSPS) is 19.8. The van der Waals surface area contributed by atoms with Crippen LogP contribution in [0.5, 0.6) is 0 Å². The van der Waals surface area contributed by atoms with E-state index in [9.17, 15) is 64.8 Å². The number of hydrogen-bond donors (Lipinski definition) is 6. The number of H-pyrrole nitrogens is 1. The van der Waals surface area contributed by atoms with E-state index in [0.717, 1.165) is 158 Å². The number of fused-ring (bicyclic) bond motifs is 2. The Labute approximate surface area is 576 Å². The molecule has 8 aliphatic heterocycles. The van der Waals surface area contributed by atoms with Crippen molar-refractivity contribution >= 4 is 101 Å². The molecule has 99 heavy (non-hydrogen) atoms. The van der Waals surface area contributed by atoms with Crippen LogP contribution in [0.2, 0.25) is 0 Å². The number of nitrogen functional groups attached to an aromatic ring is 1. The number of aromatic amines is 1. The maximum Gasteiger partial charge on any atom is 0.264 e. The van der Waals surface area contributed by atoms with Crippen LogP contribution >= 0.6 is 10.7 Å². The molecule has 6 fully saturated rings. The number of carbonyl (C=O) groups is 10. The van der Waals surface area contributed by atoms with E-state index >= 15 is 0 Å². The molecule has 8 aliphatic rings. The lowest BCUT2D eigenvalue weighted by molar-refractivity contribution is -0.137. The first-order valence-corrected chi connectivity index (χ1v) is 36.6. The molecule has 0 radical (unpaired) electrons. The number of rotatable bonds is 15. The Kier molecular flexibility index (Phi) is 30.0. The number of ether oxygens (including phenoxy) is 4. The van der Waals surface area contributed by atoms with Crippen molar-refractivity contribution in [2.24, 2.45) is 23.7 Å². The van der Waals surface area contributed by atoms with Crippen LogP contribution in [-0.4, -0.2) is 212 Å². The summed E-state index contributed by atoms with van der Waals surface area (Å²) in [4.78, 5) is 119. The molecule has 6 saturated heterocycles. The molecule has 7 N–H and O–H groups in total. The van der Waals surface area contributed by atoms with Crippen molar-refractivity contribution in [1.82, 2.24) is 50.2 Å². The molecular formula is C64H83ClN12O20S2. The van der Waals surface area contributed by atoms with Gasteiger partial charge >= 0.3 is 0 Å². The Morgan fingerprint density at radius 1 is 0.606 bits per heavy atom. The number of aromatic nitrogens is 6. The Balaban J connectivity index is 0.000000179. The third-order valence-corrected chi connectivity index (χ3v) is 17.2. The minimum atomic E-state index is -3.26. The highest BCUT2D eigenvalue weighted by Gasteiger charge is 2.47. The molecule has 11 heterocycles. The summed E-state index contributed by atoms with van der Waals surface area (Å²) in [6, 6.07) is 7.69. The van der Waals surface area contributed by atoms with E-state index in [-0.39, 0.29) is 53.6 Å². The van der Waals surface area contributed by atoms with Gasteiger partial charge in [-0.05, 0) is 112 Å². The summed E-state index contributed by atoms with van der Waals surface area (Å²) < 4.78 is 69.4. The van der Waals surface area contributed by atoms with Crippen LogP contribution in [0.4, 0.5) is 11.4 Å². The van der Waals surface area contributed by atoms with Gasteiger partial charge in [-0.15, -0.1) is 0 Å². The predicted octanol–water partition coefficient (Wildman–Crippen LogP) is 3.32. The SMILES string of the molecule is CS(=O)(=O)Cl.CS(=O)(=O)OCC1CCOCC1.Nc1cccc2c1C(=O)N(C1CCC(=O)NC1=O)C2=O.O=C1CCC(N2C(=O)c3cccc(NCc4cnn(CC5CCOCC5)c4)c3C2=O)C(=O)N1.O=Cc1cn[nH]c1.O=Cc1cnn(CC2CCOCC2)c1.OCC1CCOCC1. The molecule has 32 nitrogen and oxygen atoms in total. The number of halogens is 1. The number of imide groups is 4. The Hall–Kier alpha value is -8.48. The third-order valence-electron chi connectivity index (χ3n) is 16.6. The highest BCUT2D eigenvalue weighted by atomic mass is 35.7. The summed E-state index contributed by atoms with van der Waals surface area (Å²) in [5.74, 6) is -2.17. The molecule has 13 rings (SSSR count). The lowest BCUT2D eigenvalue weighted by Crippen LogP contribution is -2.54. The van der Waals surface area contributed by atoms with Crippen LogP contribution in [-0.2, 0) is 81.1 Å². The maximum atomic E-state index is 13.2. The number of aliphatic hydroxyl groups is 1. The summed E-state index contributed by atoms with van der Waals surface area (Å²) in [6.07, 6.45) is 22.3. The van der Waals surface area contributed by atoms with E-state index < -0.39 is 78.5 Å². The van der Waals surface area contributed by atoms with Gasteiger partial charge in [-0.1, -0.05) is 12.1 Å². The maximum absolute atomic E-state index is 13.2. The van der Waals surface area contributed by atoms with Gasteiger partial charge in [-0.25, -0.2) is 8.42 Å². The quantitative estimate of drug-likeness (QED) is 0.0288. The van der Waals surface area contributed by atoms with Crippen LogP contribution in [0.25, 0.3) is 0 Å². The lowest BCUT2D eigenvalue weighted by atomic mass is 10.0. The number of anilines is 2. The molecule has 35 heteroatoms. The Morgan fingerprint density at radius 3 is 1.48 bits per heavy atom. The van der Waals surface area contributed by atoms with Crippen molar-refractivity contribution < 1.29 is 93.0 Å². The van der Waals surface area contributed by atoms with Crippen molar-refractivity contribution in [1.29, 1.82) is 0 Å². The van der Waals surface area contributed by atoms with Gasteiger partial charge in [0, 0.05) is 138 Å².